The van der Waals surface area contributed by atoms with Crippen LogP contribution in [0.25, 0.3) is 11.4 Å². The largest absolute Gasteiger partial charge is 0.454 e. The first-order valence-corrected chi connectivity index (χ1v) is 11.0. The van der Waals surface area contributed by atoms with Crippen LogP contribution in [-0.2, 0) is 12.4 Å². The first kappa shape index (κ1) is 26.8. The monoisotopic (exact) mass is 571 g/mol. The fourth-order valence-electron chi connectivity index (χ4n) is 3.54. The van der Waals surface area contributed by atoms with Gasteiger partial charge in [-0.3, -0.25) is 0 Å². The van der Waals surface area contributed by atoms with Crippen molar-refractivity contribution in [2.24, 2.45) is 0 Å². The lowest BCUT2D eigenvalue weighted by Crippen LogP contribution is -2.09. The molecule has 1 aliphatic heterocycles. The van der Waals surface area contributed by atoms with Crippen molar-refractivity contribution in [1.29, 1.82) is 0 Å². The second-order valence-corrected chi connectivity index (χ2v) is 8.12. The number of aromatic nitrogens is 2. The second kappa shape index (κ2) is 9.73. The van der Waals surface area contributed by atoms with E-state index in [0.717, 1.165) is 12.1 Å². The molecule has 2 heterocycles. The third kappa shape index (κ3) is 5.34. The van der Waals surface area contributed by atoms with E-state index in [9.17, 15) is 35.1 Å². The number of nitrogens with zero attached hydrogens (tertiary/aromatic N) is 2. The Balaban J connectivity index is 1.60. The van der Waals surface area contributed by atoms with E-state index in [1.807, 2.05) is 0 Å². The molecule has 0 unspecified atom stereocenters. The number of alkyl halides is 6. The number of hydrogen-bond acceptors (Lipinski definition) is 7. The van der Waals surface area contributed by atoms with Gasteiger partial charge in [0.25, 0.3) is 0 Å². The highest BCUT2D eigenvalue weighted by Gasteiger charge is 2.36. The molecular formula is C25H13F8N3O4. The molecule has 7 nitrogen and oxygen atoms in total. The molecule has 0 aliphatic carbocycles. The normalized spacial score (nSPS) is 12.9. The quantitative estimate of drug-likeness (QED) is 0.251. The van der Waals surface area contributed by atoms with Gasteiger partial charge in [-0.15, -0.1) is 0 Å². The minimum absolute atomic E-state index is 0.0671. The van der Waals surface area contributed by atoms with E-state index in [4.69, 9.17) is 24.7 Å². The van der Waals surface area contributed by atoms with Crippen LogP contribution in [0.2, 0.25) is 0 Å². The van der Waals surface area contributed by atoms with E-state index in [2.05, 4.69) is 9.97 Å². The average molecular weight is 571 g/mol. The molecule has 3 aromatic carbocycles. The van der Waals surface area contributed by atoms with Gasteiger partial charge in [0, 0.05) is 5.56 Å². The van der Waals surface area contributed by atoms with Gasteiger partial charge in [-0.1, -0.05) is 0 Å². The van der Waals surface area contributed by atoms with Crippen LogP contribution in [0.4, 0.5) is 40.8 Å². The van der Waals surface area contributed by atoms with Gasteiger partial charge in [0.05, 0.1) is 11.1 Å². The molecule has 0 amide bonds. The Morgan fingerprint density at radius 3 is 1.68 bits per heavy atom. The molecule has 5 rings (SSSR count). The van der Waals surface area contributed by atoms with E-state index < -0.39 is 64.1 Å². The van der Waals surface area contributed by atoms with Gasteiger partial charge in [-0.05, 0) is 54.6 Å². The van der Waals surface area contributed by atoms with E-state index in [0.29, 0.717) is 35.8 Å². The number of fused-ring (bicyclic) bond motifs is 1. The topological polar surface area (TPSA) is 88.7 Å². The maximum Gasteiger partial charge on any atom is 0.419 e. The van der Waals surface area contributed by atoms with Crippen molar-refractivity contribution in [3.05, 3.63) is 77.4 Å². The Labute approximate surface area is 218 Å². The number of benzene rings is 3. The number of nitrogen functional groups attached to an aromatic ring is 1. The highest BCUT2D eigenvalue weighted by molar-refractivity contribution is 5.67. The number of hydrogen-bond donors (Lipinski definition) is 1. The first-order chi connectivity index (χ1) is 18.8. The molecule has 0 spiro atoms. The van der Waals surface area contributed by atoms with Crippen molar-refractivity contribution in [3.63, 3.8) is 0 Å². The Morgan fingerprint density at radius 1 is 0.675 bits per heavy atom. The molecule has 40 heavy (non-hydrogen) atoms. The van der Waals surface area contributed by atoms with Crippen molar-refractivity contribution in [3.8, 4) is 46.1 Å². The van der Waals surface area contributed by atoms with E-state index in [1.54, 1.807) is 0 Å². The molecule has 4 aromatic rings. The van der Waals surface area contributed by atoms with Gasteiger partial charge in [0.15, 0.2) is 23.0 Å². The number of anilines is 1. The van der Waals surface area contributed by atoms with Gasteiger partial charge in [-0.25, -0.2) is 8.78 Å². The summed E-state index contributed by atoms with van der Waals surface area (Å²) >= 11 is 0. The standard InChI is InChI=1S/C25H13F8N3O4/c26-16-4-2-12(8-14(16)24(28,29)30)39-22-20(34)23(40-13-3-5-17(27)15(9-13)25(31,32)33)36-21(35-22)11-1-6-18-19(7-11)38-10-37-18/h1-9H,10,34H2. The van der Waals surface area contributed by atoms with Crippen molar-refractivity contribution in [2.75, 3.05) is 12.5 Å². The lowest BCUT2D eigenvalue weighted by molar-refractivity contribution is -0.140. The maximum atomic E-state index is 13.8. The summed E-state index contributed by atoms with van der Waals surface area (Å²) in [6.45, 7) is -0.0671. The van der Waals surface area contributed by atoms with Gasteiger partial charge in [0.1, 0.15) is 23.1 Å². The molecule has 2 N–H and O–H groups in total. The summed E-state index contributed by atoms with van der Waals surface area (Å²) in [5.74, 6) is -4.82. The molecule has 0 bridgehead atoms. The Morgan fingerprint density at radius 2 is 1.18 bits per heavy atom. The van der Waals surface area contributed by atoms with Crippen LogP contribution in [0.5, 0.6) is 34.8 Å². The minimum atomic E-state index is -5.05. The van der Waals surface area contributed by atoms with Gasteiger partial charge < -0.3 is 24.7 Å². The lowest BCUT2D eigenvalue weighted by Gasteiger charge is -2.15. The number of nitrogens with two attached hydrogens (primary N) is 1. The van der Waals surface area contributed by atoms with Crippen molar-refractivity contribution in [2.45, 2.75) is 12.4 Å². The van der Waals surface area contributed by atoms with Crippen LogP contribution in [0, 0.1) is 11.6 Å². The fraction of sp³-hybridized carbons (Fsp3) is 0.120. The van der Waals surface area contributed by atoms with Crippen molar-refractivity contribution < 1.29 is 54.1 Å². The Bertz CT molecular complexity index is 1520. The van der Waals surface area contributed by atoms with Crippen LogP contribution in [0.1, 0.15) is 11.1 Å². The van der Waals surface area contributed by atoms with Gasteiger partial charge >= 0.3 is 12.4 Å². The predicted molar refractivity (Wildman–Crippen MR) is 121 cm³/mol. The lowest BCUT2D eigenvalue weighted by atomic mass is 10.2. The number of ether oxygens (including phenoxy) is 4. The zero-order valence-corrected chi connectivity index (χ0v) is 19.5. The molecule has 0 fully saturated rings. The smallest absolute Gasteiger partial charge is 0.419 e. The zero-order chi connectivity index (χ0) is 28.8. The highest BCUT2D eigenvalue weighted by atomic mass is 19.4. The molecule has 0 saturated carbocycles. The SMILES string of the molecule is Nc1c(Oc2ccc(F)c(C(F)(F)F)c2)nc(-c2ccc3c(c2)OCO3)nc1Oc1ccc(F)c(C(F)(F)F)c1. The predicted octanol–water partition coefficient (Wildman–Crippen LogP) is 7.35. The summed E-state index contributed by atoms with van der Waals surface area (Å²) in [6, 6.07) is 7.95. The summed E-state index contributed by atoms with van der Waals surface area (Å²) in [5, 5.41) is 0. The molecule has 0 saturated heterocycles. The summed E-state index contributed by atoms with van der Waals surface area (Å²) in [6.07, 6.45) is -10.1. The summed E-state index contributed by atoms with van der Waals surface area (Å²) in [4.78, 5) is 8.20. The number of rotatable bonds is 5. The Kier molecular flexibility index (Phi) is 6.51. The van der Waals surface area contributed by atoms with Crippen molar-refractivity contribution >= 4 is 5.69 Å². The van der Waals surface area contributed by atoms with Gasteiger partial charge in [0.2, 0.25) is 18.6 Å². The van der Waals surface area contributed by atoms with Crippen LogP contribution >= 0.6 is 0 Å². The minimum Gasteiger partial charge on any atom is -0.454 e. The number of halogens is 8. The molecular weight excluding hydrogens is 558 g/mol. The average Bonchev–Trinajstić information content (AvgIpc) is 3.35. The molecule has 1 aliphatic rings. The van der Waals surface area contributed by atoms with E-state index in [-0.39, 0.29) is 18.2 Å². The molecule has 0 radical (unpaired) electrons. The maximum absolute atomic E-state index is 13.8. The zero-order valence-electron chi connectivity index (χ0n) is 19.5. The van der Waals surface area contributed by atoms with Crippen LogP contribution in [0.15, 0.2) is 54.6 Å². The summed E-state index contributed by atoms with van der Waals surface area (Å²) < 4.78 is 128. The summed E-state index contributed by atoms with van der Waals surface area (Å²) in [7, 11) is 0. The fourth-order valence-corrected chi connectivity index (χ4v) is 3.54. The molecule has 0 atom stereocenters. The summed E-state index contributed by atoms with van der Waals surface area (Å²) in [5.41, 5.74) is 2.45. The third-order valence-electron chi connectivity index (χ3n) is 5.42. The third-order valence-corrected chi connectivity index (χ3v) is 5.42. The van der Waals surface area contributed by atoms with Gasteiger partial charge in [-0.2, -0.15) is 36.3 Å². The van der Waals surface area contributed by atoms with Crippen LogP contribution in [-0.4, -0.2) is 16.8 Å². The molecule has 15 heteroatoms. The highest BCUT2D eigenvalue weighted by Crippen LogP contribution is 2.42. The van der Waals surface area contributed by atoms with Crippen LogP contribution < -0.4 is 24.7 Å². The van der Waals surface area contributed by atoms with E-state index >= 15 is 0 Å². The molecule has 1 aromatic heterocycles. The first-order valence-electron chi connectivity index (χ1n) is 11.0. The van der Waals surface area contributed by atoms with Crippen molar-refractivity contribution in [1.82, 2.24) is 9.97 Å². The molecule has 208 valence electrons. The van der Waals surface area contributed by atoms with E-state index in [1.165, 1.54) is 18.2 Å². The second-order valence-electron chi connectivity index (χ2n) is 8.12. The Hall–Kier alpha value is -4.82. The van der Waals surface area contributed by atoms with Crippen LogP contribution in [0.3, 0.4) is 0 Å².